The van der Waals surface area contributed by atoms with Gasteiger partial charge in [0.05, 0.1) is 11.0 Å². The van der Waals surface area contributed by atoms with Gasteiger partial charge in [-0.15, -0.1) is 0 Å². The summed E-state index contributed by atoms with van der Waals surface area (Å²) >= 11 is 0. The molecule has 0 saturated heterocycles. The first-order chi connectivity index (χ1) is 10.6. The molecule has 3 aromatic carbocycles. The Morgan fingerprint density at radius 2 is 1.32 bits per heavy atom. The van der Waals surface area contributed by atoms with E-state index in [1.807, 2.05) is 6.07 Å². The minimum atomic E-state index is -0.216. The van der Waals surface area contributed by atoms with E-state index >= 15 is 0 Å². The molecule has 1 nitrogen and oxygen atoms in total. The van der Waals surface area contributed by atoms with Gasteiger partial charge >= 0.3 is 0 Å². The van der Waals surface area contributed by atoms with Crippen LogP contribution in [0.15, 0.2) is 60.7 Å². The molecule has 108 valence electrons. The van der Waals surface area contributed by atoms with Crippen LogP contribution in [-0.4, -0.2) is 4.57 Å². The second-order valence-corrected chi connectivity index (χ2v) is 5.86. The predicted molar refractivity (Wildman–Crippen MR) is 90.2 cm³/mol. The number of nitrogens with zero attached hydrogens (tertiary/aromatic N) is 1. The largest absolute Gasteiger partial charge is 0.309 e. The van der Waals surface area contributed by atoms with Gasteiger partial charge < -0.3 is 4.57 Å². The Labute approximate surface area is 128 Å². The molecular formula is C20H16FN. The molecule has 2 heteroatoms. The summed E-state index contributed by atoms with van der Waals surface area (Å²) in [4.78, 5) is 0. The van der Waals surface area contributed by atoms with Crippen molar-refractivity contribution in [2.45, 2.75) is 13.8 Å². The second-order valence-electron chi connectivity index (χ2n) is 5.86. The summed E-state index contributed by atoms with van der Waals surface area (Å²) in [5.41, 5.74) is 5.53. The van der Waals surface area contributed by atoms with Crippen molar-refractivity contribution in [3.05, 3.63) is 77.6 Å². The normalized spacial score (nSPS) is 11.4. The van der Waals surface area contributed by atoms with Crippen molar-refractivity contribution in [2.24, 2.45) is 0 Å². The van der Waals surface area contributed by atoms with E-state index in [0.29, 0.717) is 0 Å². The Morgan fingerprint density at radius 1 is 0.727 bits per heavy atom. The van der Waals surface area contributed by atoms with Crippen molar-refractivity contribution in [1.29, 1.82) is 0 Å². The number of rotatable bonds is 1. The van der Waals surface area contributed by atoms with E-state index in [1.54, 1.807) is 12.1 Å². The molecular weight excluding hydrogens is 273 g/mol. The molecule has 0 radical (unpaired) electrons. The van der Waals surface area contributed by atoms with Crippen molar-refractivity contribution < 1.29 is 4.39 Å². The molecule has 0 aliphatic carbocycles. The zero-order valence-corrected chi connectivity index (χ0v) is 12.6. The van der Waals surface area contributed by atoms with Crippen LogP contribution in [0.2, 0.25) is 0 Å². The molecule has 0 aliphatic rings. The summed E-state index contributed by atoms with van der Waals surface area (Å²) in [5.74, 6) is -0.216. The van der Waals surface area contributed by atoms with Crippen LogP contribution in [0, 0.1) is 19.7 Å². The van der Waals surface area contributed by atoms with Gasteiger partial charge in [-0.1, -0.05) is 29.3 Å². The minimum absolute atomic E-state index is 0.216. The fourth-order valence-corrected chi connectivity index (χ4v) is 3.14. The van der Waals surface area contributed by atoms with Gasteiger partial charge in [-0.25, -0.2) is 4.39 Å². The van der Waals surface area contributed by atoms with E-state index in [0.717, 1.165) is 16.7 Å². The fraction of sp³-hybridized carbons (Fsp3) is 0.100. The number of aryl methyl sites for hydroxylation is 2. The van der Waals surface area contributed by atoms with Crippen LogP contribution < -0.4 is 0 Å². The van der Waals surface area contributed by atoms with Gasteiger partial charge in [-0.3, -0.25) is 0 Å². The highest BCUT2D eigenvalue weighted by Crippen LogP contribution is 2.33. The molecule has 0 fully saturated rings. The van der Waals surface area contributed by atoms with E-state index in [2.05, 4.69) is 54.8 Å². The number of benzene rings is 3. The van der Waals surface area contributed by atoms with Crippen LogP contribution in [-0.2, 0) is 0 Å². The summed E-state index contributed by atoms with van der Waals surface area (Å²) in [5, 5.41) is 2.42. The number of fused-ring (bicyclic) bond motifs is 3. The lowest BCUT2D eigenvalue weighted by atomic mass is 10.1. The number of halogens is 1. The maximum absolute atomic E-state index is 13.7. The molecule has 0 saturated carbocycles. The third kappa shape index (κ3) is 1.92. The first-order valence-electron chi connectivity index (χ1n) is 7.41. The van der Waals surface area contributed by atoms with Crippen molar-refractivity contribution in [3.63, 3.8) is 0 Å². The number of hydrogen-bond acceptors (Lipinski definition) is 0. The molecule has 0 bridgehead atoms. The van der Waals surface area contributed by atoms with Gasteiger partial charge in [-0.2, -0.15) is 0 Å². The van der Waals surface area contributed by atoms with E-state index in [4.69, 9.17) is 0 Å². The Morgan fingerprint density at radius 3 is 1.86 bits per heavy atom. The summed E-state index contributed by atoms with van der Waals surface area (Å²) < 4.78 is 15.8. The Bertz CT molecular complexity index is 952. The maximum atomic E-state index is 13.7. The minimum Gasteiger partial charge on any atom is -0.309 e. The monoisotopic (exact) mass is 289 g/mol. The zero-order chi connectivity index (χ0) is 15.3. The third-order valence-electron chi connectivity index (χ3n) is 4.14. The average Bonchev–Trinajstić information content (AvgIpc) is 2.80. The fourth-order valence-electron chi connectivity index (χ4n) is 3.14. The number of hydrogen-bond donors (Lipinski definition) is 0. The maximum Gasteiger partial charge on any atom is 0.125 e. The lowest BCUT2D eigenvalue weighted by Crippen LogP contribution is -1.94. The molecule has 4 rings (SSSR count). The van der Waals surface area contributed by atoms with Crippen LogP contribution in [0.25, 0.3) is 27.5 Å². The molecule has 1 aromatic heterocycles. The Kier molecular flexibility index (Phi) is 2.80. The van der Waals surface area contributed by atoms with E-state index < -0.39 is 0 Å². The molecule has 0 unspecified atom stereocenters. The van der Waals surface area contributed by atoms with Crippen LogP contribution >= 0.6 is 0 Å². The molecule has 0 aliphatic heterocycles. The molecule has 0 spiro atoms. The van der Waals surface area contributed by atoms with E-state index in [9.17, 15) is 4.39 Å². The van der Waals surface area contributed by atoms with Gasteiger partial charge in [0.1, 0.15) is 5.82 Å². The van der Waals surface area contributed by atoms with Crippen LogP contribution in [0.1, 0.15) is 11.1 Å². The van der Waals surface area contributed by atoms with Crippen LogP contribution in [0.3, 0.4) is 0 Å². The van der Waals surface area contributed by atoms with Gasteiger partial charge in [0, 0.05) is 16.5 Å². The summed E-state index contributed by atoms with van der Waals surface area (Å²) in [6.07, 6.45) is 0. The van der Waals surface area contributed by atoms with Crippen LogP contribution in [0.4, 0.5) is 4.39 Å². The molecule has 22 heavy (non-hydrogen) atoms. The third-order valence-corrected chi connectivity index (χ3v) is 4.14. The van der Waals surface area contributed by atoms with E-state index in [1.165, 1.54) is 28.0 Å². The van der Waals surface area contributed by atoms with Crippen molar-refractivity contribution in [1.82, 2.24) is 4.57 Å². The second kappa shape index (κ2) is 4.70. The molecule has 0 atom stereocenters. The molecule has 0 N–H and O–H groups in total. The molecule has 4 aromatic rings. The first-order valence-corrected chi connectivity index (χ1v) is 7.41. The van der Waals surface area contributed by atoms with Gasteiger partial charge in [0.2, 0.25) is 0 Å². The van der Waals surface area contributed by atoms with E-state index in [-0.39, 0.29) is 5.82 Å². The van der Waals surface area contributed by atoms with Crippen molar-refractivity contribution in [2.75, 3.05) is 0 Å². The summed E-state index contributed by atoms with van der Waals surface area (Å²) in [7, 11) is 0. The SMILES string of the molecule is Cc1ccc2c(c1)c1cc(C)ccc1n2-c1cccc(F)c1. The van der Waals surface area contributed by atoms with Gasteiger partial charge in [-0.05, 0) is 56.3 Å². The Balaban J connectivity index is 2.20. The summed E-state index contributed by atoms with van der Waals surface area (Å²) in [6.45, 7) is 4.20. The number of aromatic nitrogens is 1. The predicted octanol–water partition coefficient (Wildman–Crippen LogP) is 5.54. The highest BCUT2D eigenvalue weighted by Gasteiger charge is 2.12. The lowest BCUT2D eigenvalue weighted by Gasteiger charge is -2.08. The Hall–Kier alpha value is -2.61. The van der Waals surface area contributed by atoms with Gasteiger partial charge in [0.15, 0.2) is 0 Å². The zero-order valence-electron chi connectivity index (χ0n) is 12.6. The molecule has 0 amide bonds. The highest BCUT2D eigenvalue weighted by atomic mass is 19.1. The van der Waals surface area contributed by atoms with Gasteiger partial charge in [0.25, 0.3) is 0 Å². The smallest absolute Gasteiger partial charge is 0.125 e. The van der Waals surface area contributed by atoms with Crippen molar-refractivity contribution >= 4 is 21.8 Å². The quantitative estimate of drug-likeness (QED) is 0.433. The standard InChI is InChI=1S/C20H16FN/c1-13-6-8-19-17(10-13)18-11-14(2)7-9-20(18)22(19)16-5-3-4-15(21)12-16/h3-12H,1-2H3. The van der Waals surface area contributed by atoms with Crippen molar-refractivity contribution in [3.8, 4) is 5.69 Å². The average molecular weight is 289 g/mol. The first kappa shape index (κ1) is 13.1. The summed E-state index contributed by atoms with van der Waals surface area (Å²) in [6, 6.07) is 19.6. The highest BCUT2D eigenvalue weighted by molar-refractivity contribution is 6.09. The van der Waals surface area contributed by atoms with Crippen LogP contribution in [0.5, 0.6) is 0 Å². The topological polar surface area (TPSA) is 4.93 Å². The lowest BCUT2D eigenvalue weighted by molar-refractivity contribution is 0.627. The molecule has 1 heterocycles.